The molecule has 198 valence electrons. The number of nitrogens with zero attached hydrogens (tertiary/aromatic N) is 3. The topological polar surface area (TPSA) is 136 Å². The first-order chi connectivity index (χ1) is 18.2. The third kappa shape index (κ3) is 4.48. The van der Waals surface area contributed by atoms with Crippen molar-refractivity contribution >= 4 is 40.8 Å². The number of ether oxygens (including phenoxy) is 2. The molecule has 11 nitrogen and oxygen atoms in total. The quantitative estimate of drug-likeness (QED) is 0.185. The zero-order valence-corrected chi connectivity index (χ0v) is 21.0. The monoisotopic (exact) mass is 521 g/mol. The maximum absolute atomic E-state index is 13.1. The summed E-state index contributed by atoms with van der Waals surface area (Å²) in [6, 6.07) is 10.2. The Kier molecular flexibility index (Phi) is 6.60. The van der Waals surface area contributed by atoms with Crippen molar-refractivity contribution in [1.29, 1.82) is 0 Å². The minimum Gasteiger partial charge on any atom is -0.494 e. The van der Waals surface area contributed by atoms with E-state index in [0.717, 1.165) is 6.42 Å². The van der Waals surface area contributed by atoms with Gasteiger partial charge in [-0.2, -0.15) is 0 Å². The van der Waals surface area contributed by atoms with Crippen LogP contribution in [0.25, 0.3) is 0 Å². The molecule has 5 rings (SSSR count). The van der Waals surface area contributed by atoms with Crippen molar-refractivity contribution in [3.8, 4) is 11.5 Å². The number of esters is 1. The minimum atomic E-state index is -0.787. The molecular weight excluding hydrogens is 494 g/mol. The highest BCUT2D eigenvalue weighted by Gasteiger charge is 2.50. The number of non-ortho nitro benzene ring substituents is 1. The van der Waals surface area contributed by atoms with Crippen LogP contribution in [0.1, 0.15) is 32.6 Å². The lowest BCUT2D eigenvalue weighted by Gasteiger charge is -2.25. The van der Waals surface area contributed by atoms with Crippen LogP contribution in [0, 0.1) is 33.8 Å². The van der Waals surface area contributed by atoms with E-state index in [1.807, 2.05) is 0 Å². The van der Waals surface area contributed by atoms with Gasteiger partial charge in [-0.25, -0.2) is 4.90 Å². The number of imide groups is 1. The number of hydrogen-bond donors (Lipinski definition) is 0. The van der Waals surface area contributed by atoms with Crippen LogP contribution >= 0.6 is 0 Å². The third-order valence-electron chi connectivity index (χ3n) is 7.61. The van der Waals surface area contributed by atoms with Gasteiger partial charge < -0.3 is 14.4 Å². The number of carbonyl (C=O) groups excluding carboxylic acids is 4. The molecule has 4 atom stereocenters. The summed E-state index contributed by atoms with van der Waals surface area (Å²) >= 11 is 0. The van der Waals surface area contributed by atoms with E-state index >= 15 is 0 Å². The van der Waals surface area contributed by atoms with Gasteiger partial charge in [0.15, 0.2) is 0 Å². The van der Waals surface area contributed by atoms with Crippen molar-refractivity contribution in [2.24, 2.45) is 23.7 Å². The van der Waals surface area contributed by atoms with Gasteiger partial charge in [-0.15, -0.1) is 0 Å². The van der Waals surface area contributed by atoms with E-state index in [2.05, 4.69) is 6.92 Å². The largest absolute Gasteiger partial charge is 0.494 e. The van der Waals surface area contributed by atoms with Gasteiger partial charge in [-0.05, 0) is 43.4 Å². The molecule has 2 aliphatic heterocycles. The number of hydrogen-bond acceptors (Lipinski definition) is 8. The number of anilines is 2. The van der Waals surface area contributed by atoms with Crippen LogP contribution in [-0.4, -0.2) is 42.3 Å². The fourth-order valence-electron chi connectivity index (χ4n) is 5.63. The van der Waals surface area contributed by atoms with Gasteiger partial charge in [0, 0.05) is 25.1 Å². The van der Waals surface area contributed by atoms with Crippen LogP contribution in [0.3, 0.4) is 0 Å². The number of benzene rings is 2. The van der Waals surface area contributed by atoms with Crippen LogP contribution in [0.5, 0.6) is 11.5 Å². The first-order valence-corrected chi connectivity index (χ1v) is 12.5. The van der Waals surface area contributed by atoms with Crippen molar-refractivity contribution < 1.29 is 33.6 Å². The summed E-state index contributed by atoms with van der Waals surface area (Å²) in [5, 5.41) is 11.1. The molecule has 0 aromatic heterocycles. The molecule has 1 aliphatic carbocycles. The number of amides is 3. The molecule has 2 aromatic rings. The summed E-state index contributed by atoms with van der Waals surface area (Å²) in [5.74, 6) is -2.14. The Hall–Kier alpha value is -4.28. The van der Waals surface area contributed by atoms with Gasteiger partial charge >= 0.3 is 5.97 Å². The van der Waals surface area contributed by atoms with Gasteiger partial charge in [0.2, 0.25) is 17.7 Å². The number of nitro benzene ring substituents is 1. The van der Waals surface area contributed by atoms with Gasteiger partial charge in [0.1, 0.15) is 11.5 Å². The summed E-state index contributed by atoms with van der Waals surface area (Å²) < 4.78 is 10.8. The smallest absolute Gasteiger partial charge is 0.316 e. The Bertz CT molecular complexity index is 1340. The van der Waals surface area contributed by atoms with Crippen LogP contribution in [0.2, 0.25) is 0 Å². The second-order valence-electron chi connectivity index (χ2n) is 10.1. The van der Waals surface area contributed by atoms with Crippen molar-refractivity contribution in [3.05, 3.63) is 52.6 Å². The van der Waals surface area contributed by atoms with Crippen molar-refractivity contribution in [1.82, 2.24) is 0 Å². The SMILES string of the molecule is COc1cc([N+](=O)[O-])ccc1N1C[C@H](C(=O)Oc2cccc(N3C(=O)[C@H]4C[C@@H](C)CC[C@H]4C3=O)c2)CC1=O. The number of rotatable bonds is 6. The van der Waals surface area contributed by atoms with E-state index in [1.54, 1.807) is 18.2 Å². The van der Waals surface area contributed by atoms with Gasteiger partial charge in [-0.3, -0.25) is 29.3 Å². The third-order valence-corrected chi connectivity index (χ3v) is 7.61. The summed E-state index contributed by atoms with van der Waals surface area (Å²) in [5.41, 5.74) is 0.492. The number of methoxy groups -OCH3 is 1. The number of carbonyl (C=O) groups is 4. The maximum atomic E-state index is 13.1. The minimum absolute atomic E-state index is 0.0101. The molecule has 0 spiro atoms. The van der Waals surface area contributed by atoms with Crippen molar-refractivity contribution in [2.75, 3.05) is 23.5 Å². The summed E-state index contributed by atoms with van der Waals surface area (Å²) in [6.07, 6.45) is 2.18. The fourth-order valence-corrected chi connectivity index (χ4v) is 5.63. The molecule has 0 N–H and O–H groups in total. The van der Waals surface area contributed by atoms with E-state index in [-0.39, 0.29) is 59.7 Å². The Labute approximate surface area is 218 Å². The molecule has 38 heavy (non-hydrogen) atoms. The van der Waals surface area contributed by atoms with Crippen LogP contribution < -0.4 is 19.3 Å². The molecule has 1 saturated carbocycles. The van der Waals surface area contributed by atoms with E-state index < -0.39 is 16.8 Å². The summed E-state index contributed by atoms with van der Waals surface area (Å²) in [6.45, 7) is 2.10. The van der Waals surface area contributed by atoms with Crippen LogP contribution in [-0.2, 0) is 19.2 Å². The lowest BCUT2D eigenvalue weighted by atomic mass is 9.76. The van der Waals surface area contributed by atoms with Gasteiger partial charge in [0.25, 0.3) is 5.69 Å². The van der Waals surface area contributed by atoms with Crippen molar-refractivity contribution in [2.45, 2.75) is 32.6 Å². The first kappa shape index (κ1) is 25.4. The molecule has 3 fully saturated rings. The molecule has 2 heterocycles. The highest BCUT2D eigenvalue weighted by molar-refractivity contribution is 6.22. The molecule has 0 radical (unpaired) electrons. The molecule has 2 saturated heterocycles. The van der Waals surface area contributed by atoms with Crippen LogP contribution in [0.4, 0.5) is 17.1 Å². The lowest BCUT2D eigenvalue weighted by Crippen LogP contribution is -2.31. The van der Waals surface area contributed by atoms with Crippen LogP contribution in [0.15, 0.2) is 42.5 Å². The summed E-state index contributed by atoms with van der Waals surface area (Å²) in [4.78, 5) is 64.8. The molecule has 3 aliphatic rings. The Balaban J connectivity index is 1.30. The van der Waals surface area contributed by atoms with Gasteiger partial charge in [-0.1, -0.05) is 13.0 Å². The second kappa shape index (κ2) is 9.88. The predicted molar refractivity (Wildman–Crippen MR) is 135 cm³/mol. The predicted octanol–water partition coefficient (Wildman–Crippen LogP) is 3.49. The zero-order valence-electron chi connectivity index (χ0n) is 21.0. The normalized spacial score (nSPS) is 24.9. The Morgan fingerprint density at radius 1 is 1.05 bits per heavy atom. The van der Waals surface area contributed by atoms with Gasteiger partial charge in [0.05, 0.1) is 47.2 Å². The number of nitro groups is 1. The molecular formula is C27H27N3O8. The molecule has 3 amide bonds. The average Bonchev–Trinajstić information content (AvgIpc) is 3.40. The Morgan fingerprint density at radius 3 is 2.55 bits per heavy atom. The highest BCUT2D eigenvalue weighted by Crippen LogP contribution is 2.43. The first-order valence-electron chi connectivity index (χ1n) is 12.5. The van der Waals surface area contributed by atoms with E-state index in [4.69, 9.17) is 9.47 Å². The highest BCUT2D eigenvalue weighted by atomic mass is 16.6. The Morgan fingerprint density at radius 2 is 1.82 bits per heavy atom. The molecule has 0 bridgehead atoms. The lowest BCUT2D eigenvalue weighted by molar-refractivity contribution is -0.384. The van der Waals surface area contributed by atoms with E-state index in [1.165, 1.54) is 41.2 Å². The second-order valence-corrected chi connectivity index (χ2v) is 10.1. The fraction of sp³-hybridized carbons (Fsp3) is 0.407. The standard InChI is InChI=1S/C27H27N3O8/c1-15-6-8-20-21(10-15)26(33)29(25(20)32)17-4-3-5-19(12-17)38-27(34)16-11-24(31)28(14-16)22-9-7-18(30(35)36)13-23(22)37-2/h3-5,7,9,12-13,15-16,20-21H,6,8,10-11,14H2,1-2H3/t15-,16+,20+,21-/m0/s1. The van der Waals surface area contributed by atoms with Crippen molar-refractivity contribution in [3.63, 3.8) is 0 Å². The van der Waals surface area contributed by atoms with E-state index in [9.17, 15) is 29.3 Å². The van der Waals surface area contributed by atoms with E-state index in [0.29, 0.717) is 30.1 Å². The molecule has 0 unspecified atom stereocenters. The molecule has 11 heteroatoms. The maximum Gasteiger partial charge on any atom is 0.316 e. The molecule has 2 aromatic carbocycles. The summed E-state index contributed by atoms with van der Waals surface area (Å²) in [7, 11) is 1.34. The average molecular weight is 522 g/mol. The number of fused-ring (bicyclic) bond motifs is 1. The zero-order chi connectivity index (χ0) is 27.1.